The van der Waals surface area contributed by atoms with Gasteiger partial charge in [0.2, 0.25) is 0 Å². The molecule has 5 rings (SSSR count). The van der Waals surface area contributed by atoms with Crippen LogP contribution in [0.4, 0.5) is 0 Å². The first-order chi connectivity index (χ1) is 16.2. The van der Waals surface area contributed by atoms with Crippen molar-refractivity contribution in [1.82, 2.24) is 14.8 Å². The molecule has 0 fully saturated rings. The van der Waals surface area contributed by atoms with E-state index in [-0.39, 0.29) is 0 Å². The van der Waals surface area contributed by atoms with Gasteiger partial charge < -0.3 is 18.9 Å². The first-order valence-electron chi connectivity index (χ1n) is 10.4. The number of aromatic nitrogens is 3. The van der Waals surface area contributed by atoms with E-state index in [0.717, 1.165) is 38.8 Å². The number of fused-ring (bicyclic) bond motifs is 3. The fourth-order valence-electron chi connectivity index (χ4n) is 4.07. The zero-order valence-electron chi connectivity index (χ0n) is 18.8. The van der Waals surface area contributed by atoms with Crippen LogP contribution >= 0.6 is 0 Å². The molecular formula is C26H23N3O4. The second kappa shape index (κ2) is 8.35. The fourth-order valence-corrected chi connectivity index (χ4v) is 4.07. The molecule has 0 aliphatic rings. The lowest BCUT2D eigenvalue weighted by Gasteiger charge is -2.15. The Labute approximate surface area is 191 Å². The lowest BCUT2D eigenvalue weighted by Crippen LogP contribution is -2.00. The Morgan fingerprint density at radius 2 is 1.36 bits per heavy atom. The Morgan fingerprint density at radius 3 is 2.03 bits per heavy atom. The molecule has 0 atom stereocenters. The predicted octanol–water partition coefficient (Wildman–Crippen LogP) is 5.28. The summed E-state index contributed by atoms with van der Waals surface area (Å²) in [5.74, 6) is 2.64. The zero-order valence-corrected chi connectivity index (χ0v) is 18.8. The molecule has 0 unspecified atom stereocenters. The van der Waals surface area contributed by atoms with Gasteiger partial charge in [0.05, 0.1) is 46.0 Å². The lowest BCUT2D eigenvalue weighted by atomic mass is 10.00. The predicted molar refractivity (Wildman–Crippen MR) is 128 cm³/mol. The van der Waals surface area contributed by atoms with Gasteiger partial charge in [0.25, 0.3) is 0 Å². The van der Waals surface area contributed by atoms with Crippen molar-refractivity contribution in [2.75, 3.05) is 28.4 Å². The zero-order chi connectivity index (χ0) is 22.9. The number of methoxy groups -OCH3 is 4. The lowest BCUT2D eigenvalue weighted by molar-refractivity contribution is 0.356. The Morgan fingerprint density at radius 1 is 0.667 bits per heavy atom. The van der Waals surface area contributed by atoms with Crippen molar-refractivity contribution >= 4 is 21.8 Å². The van der Waals surface area contributed by atoms with Crippen LogP contribution in [0.25, 0.3) is 38.8 Å². The van der Waals surface area contributed by atoms with Crippen LogP contribution < -0.4 is 18.9 Å². The average Bonchev–Trinajstić information content (AvgIpc) is 3.31. The minimum absolute atomic E-state index is 0.615. The molecule has 0 bridgehead atoms. The molecule has 0 aliphatic carbocycles. The molecule has 7 heteroatoms. The van der Waals surface area contributed by atoms with E-state index in [2.05, 4.69) is 5.10 Å². The van der Waals surface area contributed by atoms with Gasteiger partial charge in [-0.05, 0) is 42.5 Å². The molecular weight excluding hydrogens is 418 g/mol. The number of benzene rings is 3. The first kappa shape index (κ1) is 20.6. The number of para-hydroxylation sites is 1. The van der Waals surface area contributed by atoms with Gasteiger partial charge in [0.1, 0.15) is 11.5 Å². The number of hydrogen-bond acceptors (Lipinski definition) is 6. The maximum atomic E-state index is 5.68. The van der Waals surface area contributed by atoms with E-state index in [9.17, 15) is 0 Å². The largest absolute Gasteiger partial charge is 0.497 e. The summed E-state index contributed by atoms with van der Waals surface area (Å²) in [5, 5.41) is 7.39. The average molecular weight is 441 g/mol. The number of ether oxygens (including phenoxy) is 4. The van der Waals surface area contributed by atoms with Crippen molar-refractivity contribution < 1.29 is 18.9 Å². The van der Waals surface area contributed by atoms with E-state index < -0.39 is 0 Å². The van der Waals surface area contributed by atoms with E-state index in [1.165, 1.54) is 0 Å². The first-order valence-corrected chi connectivity index (χ1v) is 10.4. The highest BCUT2D eigenvalue weighted by atomic mass is 16.5. The molecule has 2 heterocycles. The third-order valence-electron chi connectivity index (χ3n) is 5.69. The Kier molecular flexibility index (Phi) is 5.22. The van der Waals surface area contributed by atoms with E-state index in [1.54, 1.807) is 28.4 Å². The van der Waals surface area contributed by atoms with E-state index in [4.69, 9.17) is 23.9 Å². The summed E-state index contributed by atoms with van der Waals surface area (Å²) in [6.07, 6.45) is 1.83. The van der Waals surface area contributed by atoms with E-state index in [0.29, 0.717) is 23.0 Å². The molecule has 0 spiro atoms. The smallest absolute Gasteiger partial charge is 0.164 e. The Hall–Kier alpha value is -4.26. The molecule has 0 N–H and O–H groups in total. The van der Waals surface area contributed by atoms with Crippen molar-refractivity contribution in [3.8, 4) is 39.9 Å². The molecule has 5 aromatic rings. The molecule has 0 radical (unpaired) electrons. The summed E-state index contributed by atoms with van der Waals surface area (Å²) in [6, 6.07) is 19.5. The number of nitrogens with zero attached hydrogens (tertiary/aromatic N) is 3. The quantitative estimate of drug-likeness (QED) is 0.357. The third-order valence-corrected chi connectivity index (χ3v) is 5.69. The van der Waals surface area contributed by atoms with Crippen molar-refractivity contribution in [1.29, 1.82) is 0 Å². The SMILES string of the molecule is COc1ccc(OC)c(-c2nc3c(cnn3-c3ccccc3)c3cc(OC)c(OC)cc23)c1. The highest BCUT2D eigenvalue weighted by Crippen LogP contribution is 2.42. The fraction of sp³-hybridized carbons (Fsp3) is 0.154. The van der Waals surface area contributed by atoms with Crippen LogP contribution in [0.3, 0.4) is 0 Å². The van der Waals surface area contributed by atoms with Crippen LogP contribution in [0.2, 0.25) is 0 Å². The minimum atomic E-state index is 0.615. The summed E-state index contributed by atoms with van der Waals surface area (Å²) < 4.78 is 24.2. The van der Waals surface area contributed by atoms with Crippen LogP contribution in [0.1, 0.15) is 0 Å². The van der Waals surface area contributed by atoms with Gasteiger partial charge in [-0.3, -0.25) is 0 Å². The van der Waals surface area contributed by atoms with Crippen LogP contribution in [-0.2, 0) is 0 Å². The van der Waals surface area contributed by atoms with Gasteiger partial charge in [0, 0.05) is 21.7 Å². The summed E-state index contributed by atoms with van der Waals surface area (Å²) in [6.45, 7) is 0. The van der Waals surface area contributed by atoms with E-state index in [1.807, 2.05) is 71.5 Å². The van der Waals surface area contributed by atoms with Gasteiger partial charge in [0.15, 0.2) is 17.1 Å². The van der Waals surface area contributed by atoms with Gasteiger partial charge in [-0.2, -0.15) is 5.10 Å². The number of hydrogen-bond donors (Lipinski definition) is 0. The molecule has 33 heavy (non-hydrogen) atoms. The molecule has 2 aromatic heterocycles. The van der Waals surface area contributed by atoms with Gasteiger partial charge in [-0.1, -0.05) is 18.2 Å². The summed E-state index contributed by atoms with van der Waals surface area (Å²) >= 11 is 0. The Balaban J connectivity index is 1.93. The summed E-state index contributed by atoms with van der Waals surface area (Å²) in [5.41, 5.74) is 3.17. The van der Waals surface area contributed by atoms with E-state index >= 15 is 0 Å². The topological polar surface area (TPSA) is 67.6 Å². The normalized spacial score (nSPS) is 11.0. The number of pyridine rings is 1. The van der Waals surface area contributed by atoms with Crippen LogP contribution in [0.5, 0.6) is 23.0 Å². The maximum Gasteiger partial charge on any atom is 0.164 e. The summed E-state index contributed by atoms with van der Waals surface area (Å²) in [7, 11) is 6.53. The molecule has 0 aliphatic heterocycles. The highest BCUT2D eigenvalue weighted by molar-refractivity contribution is 6.11. The van der Waals surface area contributed by atoms with Crippen LogP contribution in [-0.4, -0.2) is 43.2 Å². The van der Waals surface area contributed by atoms with Gasteiger partial charge in [-0.25, -0.2) is 9.67 Å². The molecule has 7 nitrogen and oxygen atoms in total. The van der Waals surface area contributed by atoms with Gasteiger partial charge >= 0.3 is 0 Å². The van der Waals surface area contributed by atoms with Gasteiger partial charge in [-0.15, -0.1) is 0 Å². The molecule has 0 saturated carbocycles. The van der Waals surface area contributed by atoms with Crippen molar-refractivity contribution in [3.05, 3.63) is 66.9 Å². The molecule has 0 amide bonds. The van der Waals surface area contributed by atoms with Crippen molar-refractivity contribution in [3.63, 3.8) is 0 Å². The van der Waals surface area contributed by atoms with Crippen LogP contribution in [0, 0.1) is 0 Å². The monoisotopic (exact) mass is 441 g/mol. The molecule has 3 aromatic carbocycles. The second-order valence-corrected chi connectivity index (χ2v) is 7.41. The van der Waals surface area contributed by atoms with Crippen molar-refractivity contribution in [2.24, 2.45) is 0 Å². The second-order valence-electron chi connectivity index (χ2n) is 7.41. The molecule has 0 saturated heterocycles. The van der Waals surface area contributed by atoms with Crippen molar-refractivity contribution in [2.45, 2.75) is 0 Å². The Bertz CT molecular complexity index is 1460. The summed E-state index contributed by atoms with van der Waals surface area (Å²) in [4.78, 5) is 5.09. The van der Waals surface area contributed by atoms with Crippen LogP contribution in [0.15, 0.2) is 66.9 Å². The minimum Gasteiger partial charge on any atom is -0.497 e. The third kappa shape index (κ3) is 3.38. The standard InChI is InChI=1S/C26H23N3O4/c1-30-17-10-11-22(31-2)20(12-17)25-19-14-24(33-4)23(32-3)13-18(19)21-15-27-29(26(21)28-25)16-8-6-5-7-9-16/h5-15H,1-4H3. The maximum absolute atomic E-state index is 5.68. The number of rotatable bonds is 6. The highest BCUT2D eigenvalue weighted by Gasteiger charge is 2.20. The molecule has 166 valence electrons.